The van der Waals surface area contributed by atoms with Crippen LogP contribution >= 0.6 is 0 Å². The number of aryl methyl sites for hydroxylation is 2. The van der Waals surface area contributed by atoms with Gasteiger partial charge in [-0.2, -0.15) is 5.10 Å². The smallest absolute Gasteiger partial charge is 0.216 e. The molecule has 4 heteroatoms. The number of methoxy groups -OCH3 is 1. The molecule has 1 aliphatic rings. The summed E-state index contributed by atoms with van der Waals surface area (Å²) >= 11 is 0. The Balaban J connectivity index is 2.08. The first-order valence-electron chi connectivity index (χ1n) is 6.27. The molecule has 0 spiro atoms. The summed E-state index contributed by atoms with van der Waals surface area (Å²) in [5, 5.41) is 8.03. The van der Waals surface area contributed by atoms with Gasteiger partial charge in [-0.15, -0.1) is 0 Å². The lowest BCUT2D eigenvalue weighted by Gasteiger charge is -2.26. The maximum absolute atomic E-state index is 5.40. The van der Waals surface area contributed by atoms with Crippen LogP contribution in [0.15, 0.2) is 0 Å². The lowest BCUT2D eigenvalue weighted by molar-refractivity contribution is 0.330. The van der Waals surface area contributed by atoms with Crippen molar-refractivity contribution in [2.24, 2.45) is 13.0 Å². The van der Waals surface area contributed by atoms with Gasteiger partial charge >= 0.3 is 0 Å². The SMILES string of the molecule is COc1c(CNC(C)(C)C2CC2)c(C)nn1C. The van der Waals surface area contributed by atoms with Crippen molar-refractivity contribution in [1.82, 2.24) is 15.1 Å². The largest absolute Gasteiger partial charge is 0.481 e. The van der Waals surface area contributed by atoms with E-state index in [2.05, 4.69) is 24.3 Å². The van der Waals surface area contributed by atoms with Crippen LogP contribution < -0.4 is 10.1 Å². The average molecular weight is 237 g/mol. The lowest BCUT2D eigenvalue weighted by Crippen LogP contribution is -2.40. The molecule has 96 valence electrons. The fourth-order valence-corrected chi connectivity index (χ4v) is 2.41. The molecule has 0 unspecified atom stereocenters. The van der Waals surface area contributed by atoms with E-state index >= 15 is 0 Å². The molecule has 1 aromatic rings. The highest BCUT2D eigenvalue weighted by Gasteiger charge is 2.37. The van der Waals surface area contributed by atoms with E-state index in [9.17, 15) is 0 Å². The van der Waals surface area contributed by atoms with E-state index in [0.717, 1.165) is 24.0 Å². The van der Waals surface area contributed by atoms with Gasteiger partial charge in [0.15, 0.2) is 0 Å². The topological polar surface area (TPSA) is 39.1 Å². The first-order chi connectivity index (χ1) is 7.95. The maximum Gasteiger partial charge on any atom is 0.216 e. The van der Waals surface area contributed by atoms with E-state index < -0.39 is 0 Å². The molecule has 0 radical (unpaired) electrons. The number of hydrogen-bond acceptors (Lipinski definition) is 3. The van der Waals surface area contributed by atoms with Crippen LogP contribution in [0.1, 0.15) is 37.9 Å². The maximum atomic E-state index is 5.40. The van der Waals surface area contributed by atoms with Gasteiger partial charge in [0.1, 0.15) is 0 Å². The van der Waals surface area contributed by atoms with Crippen molar-refractivity contribution >= 4 is 0 Å². The van der Waals surface area contributed by atoms with E-state index in [4.69, 9.17) is 4.74 Å². The summed E-state index contributed by atoms with van der Waals surface area (Å²) in [4.78, 5) is 0. The van der Waals surface area contributed by atoms with Crippen LogP contribution in [-0.2, 0) is 13.6 Å². The third-order valence-corrected chi connectivity index (χ3v) is 3.80. The number of nitrogens with one attached hydrogen (secondary N) is 1. The van der Waals surface area contributed by atoms with Gasteiger partial charge in [-0.25, -0.2) is 4.68 Å². The summed E-state index contributed by atoms with van der Waals surface area (Å²) in [7, 11) is 3.62. The highest BCUT2D eigenvalue weighted by Crippen LogP contribution is 2.39. The lowest BCUT2D eigenvalue weighted by atomic mass is 9.98. The molecule has 0 aromatic carbocycles. The molecule has 0 aliphatic heterocycles. The molecule has 1 aromatic heterocycles. The highest BCUT2D eigenvalue weighted by molar-refractivity contribution is 5.31. The van der Waals surface area contributed by atoms with E-state index in [0.29, 0.717) is 0 Å². The number of hydrogen-bond donors (Lipinski definition) is 1. The molecule has 1 N–H and O–H groups in total. The van der Waals surface area contributed by atoms with Crippen molar-refractivity contribution in [2.75, 3.05) is 7.11 Å². The van der Waals surface area contributed by atoms with Crippen LogP contribution in [0.3, 0.4) is 0 Å². The molecule has 1 fully saturated rings. The molecule has 1 heterocycles. The normalized spacial score (nSPS) is 16.3. The Labute approximate surface area is 103 Å². The van der Waals surface area contributed by atoms with Crippen molar-refractivity contribution < 1.29 is 4.74 Å². The van der Waals surface area contributed by atoms with Crippen molar-refractivity contribution in [3.05, 3.63) is 11.3 Å². The monoisotopic (exact) mass is 237 g/mol. The molecule has 1 saturated carbocycles. The summed E-state index contributed by atoms with van der Waals surface area (Å²) in [6.07, 6.45) is 2.70. The summed E-state index contributed by atoms with van der Waals surface area (Å²) in [6.45, 7) is 7.42. The van der Waals surface area contributed by atoms with Gasteiger partial charge in [-0.05, 0) is 39.5 Å². The minimum absolute atomic E-state index is 0.216. The second-order valence-corrected chi connectivity index (χ2v) is 5.55. The number of ether oxygens (including phenoxy) is 1. The Morgan fingerprint density at radius 3 is 2.65 bits per heavy atom. The van der Waals surface area contributed by atoms with Gasteiger partial charge in [0.25, 0.3) is 0 Å². The van der Waals surface area contributed by atoms with Gasteiger partial charge in [0.2, 0.25) is 5.88 Å². The molecular formula is C13H23N3O. The van der Waals surface area contributed by atoms with Crippen LogP contribution in [0.4, 0.5) is 0 Å². The van der Waals surface area contributed by atoms with Crippen LogP contribution in [0.25, 0.3) is 0 Å². The molecule has 2 rings (SSSR count). The molecule has 0 atom stereocenters. The van der Waals surface area contributed by atoms with E-state index in [1.165, 1.54) is 18.4 Å². The zero-order valence-corrected chi connectivity index (χ0v) is 11.5. The summed E-state index contributed by atoms with van der Waals surface area (Å²) in [6, 6.07) is 0. The number of nitrogens with zero attached hydrogens (tertiary/aromatic N) is 2. The second kappa shape index (κ2) is 4.33. The van der Waals surface area contributed by atoms with Gasteiger partial charge in [0, 0.05) is 19.1 Å². The Morgan fingerprint density at radius 1 is 1.47 bits per heavy atom. The second-order valence-electron chi connectivity index (χ2n) is 5.55. The van der Waals surface area contributed by atoms with Gasteiger partial charge < -0.3 is 10.1 Å². The van der Waals surface area contributed by atoms with E-state index in [-0.39, 0.29) is 5.54 Å². The third kappa shape index (κ3) is 2.46. The fourth-order valence-electron chi connectivity index (χ4n) is 2.41. The zero-order chi connectivity index (χ0) is 12.6. The Kier molecular flexibility index (Phi) is 3.17. The fraction of sp³-hybridized carbons (Fsp3) is 0.769. The minimum Gasteiger partial charge on any atom is -0.481 e. The highest BCUT2D eigenvalue weighted by atomic mass is 16.5. The predicted molar refractivity (Wildman–Crippen MR) is 68.1 cm³/mol. The van der Waals surface area contributed by atoms with E-state index in [1.54, 1.807) is 11.8 Å². The predicted octanol–water partition coefficient (Wildman–Crippen LogP) is 2.02. The number of aromatic nitrogens is 2. The molecule has 1 aliphatic carbocycles. The summed E-state index contributed by atoms with van der Waals surface area (Å²) < 4.78 is 7.20. The van der Waals surface area contributed by atoms with Gasteiger partial charge in [-0.1, -0.05) is 0 Å². The quantitative estimate of drug-likeness (QED) is 0.851. The Morgan fingerprint density at radius 2 is 2.12 bits per heavy atom. The van der Waals surface area contributed by atoms with Crippen LogP contribution in [0.2, 0.25) is 0 Å². The van der Waals surface area contributed by atoms with Crippen molar-refractivity contribution in [3.63, 3.8) is 0 Å². The summed E-state index contributed by atoms with van der Waals surface area (Å²) in [5.74, 6) is 1.69. The Bertz CT molecular complexity index is 405. The van der Waals surface area contributed by atoms with Crippen LogP contribution in [0, 0.1) is 12.8 Å². The zero-order valence-electron chi connectivity index (χ0n) is 11.5. The van der Waals surface area contributed by atoms with Crippen molar-refractivity contribution in [1.29, 1.82) is 0 Å². The first kappa shape index (κ1) is 12.4. The molecule has 17 heavy (non-hydrogen) atoms. The third-order valence-electron chi connectivity index (χ3n) is 3.80. The Hall–Kier alpha value is -1.03. The minimum atomic E-state index is 0.216. The van der Waals surface area contributed by atoms with E-state index in [1.807, 2.05) is 14.0 Å². The summed E-state index contributed by atoms with van der Waals surface area (Å²) in [5.41, 5.74) is 2.43. The molecule has 0 saturated heterocycles. The molecule has 0 amide bonds. The van der Waals surface area contributed by atoms with Crippen molar-refractivity contribution in [2.45, 2.75) is 45.7 Å². The van der Waals surface area contributed by atoms with Crippen LogP contribution in [-0.4, -0.2) is 22.4 Å². The first-order valence-corrected chi connectivity index (χ1v) is 6.27. The number of rotatable bonds is 5. The average Bonchev–Trinajstić information content (AvgIpc) is 3.03. The van der Waals surface area contributed by atoms with Crippen LogP contribution in [0.5, 0.6) is 5.88 Å². The van der Waals surface area contributed by atoms with Gasteiger partial charge in [-0.3, -0.25) is 0 Å². The molecular weight excluding hydrogens is 214 g/mol. The van der Waals surface area contributed by atoms with Gasteiger partial charge in [0.05, 0.1) is 18.4 Å². The van der Waals surface area contributed by atoms with Crippen molar-refractivity contribution in [3.8, 4) is 5.88 Å². The standard InChI is InChI=1S/C13H23N3O/c1-9-11(12(17-5)16(4)15-9)8-14-13(2,3)10-6-7-10/h10,14H,6-8H2,1-5H3. The molecule has 4 nitrogen and oxygen atoms in total. The molecule has 0 bridgehead atoms.